The molecule has 2 bridgehead atoms. The van der Waals surface area contributed by atoms with Gasteiger partial charge < -0.3 is 18.9 Å². The molecule has 2 atom stereocenters. The van der Waals surface area contributed by atoms with Gasteiger partial charge >= 0.3 is 25.3 Å². The maximum Gasteiger partial charge on any atom is 0.415 e. The Hall–Kier alpha value is -4.66. The van der Waals surface area contributed by atoms with Gasteiger partial charge in [0.05, 0.1) is 17.8 Å². The second-order valence-electron chi connectivity index (χ2n) is 12.5. The fraction of sp³-hybridized carbons (Fsp3) is 0.324. The molecule has 280 valence electrons. The van der Waals surface area contributed by atoms with E-state index in [1.165, 1.54) is 53.7 Å². The number of ether oxygens (including phenoxy) is 4. The molecule has 16 heteroatoms. The zero-order valence-corrected chi connectivity index (χ0v) is 29.3. The van der Waals surface area contributed by atoms with E-state index in [9.17, 15) is 27.2 Å². The Morgan fingerprint density at radius 3 is 2.17 bits per heavy atom. The van der Waals surface area contributed by atoms with Crippen LogP contribution < -0.4 is 19.4 Å². The minimum absolute atomic E-state index is 0.0288. The lowest BCUT2D eigenvalue weighted by atomic mass is 9.86. The maximum atomic E-state index is 15.0. The minimum atomic E-state index is -3.38. The van der Waals surface area contributed by atoms with E-state index in [0.717, 1.165) is 38.1 Å². The first-order chi connectivity index (χ1) is 25.4. The minimum Gasteiger partial charge on any atom is -0.454 e. The molecule has 3 saturated heterocycles. The van der Waals surface area contributed by atoms with E-state index in [-0.39, 0.29) is 51.8 Å². The summed E-state index contributed by atoms with van der Waals surface area (Å²) in [5, 5.41) is 0.354. The smallest absolute Gasteiger partial charge is 0.415 e. The SMILES string of the molecule is O=C(O[C@H](Cc1c(Cl)c[nH+]cc1Cl)c1ccc(OC(F)F)c(OC(F)F)c1)c1ccc(CN(C(=O)O[C@H]2CN3CCC2CC3)c2ccccc2F)cc1. The number of fused-ring (bicyclic) bond motifs is 3. The number of carbonyl (C=O) groups excluding carboxylic acids is 2. The van der Waals surface area contributed by atoms with Crippen LogP contribution in [0.1, 0.15) is 46.0 Å². The van der Waals surface area contributed by atoms with Crippen molar-refractivity contribution in [2.75, 3.05) is 24.5 Å². The van der Waals surface area contributed by atoms with Crippen molar-refractivity contribution in [2.24, 2.45) is 5.92 Å². The number of pyridine rings is 1. The van der Waals surface area contributed by atoms with E-state index in [1.54, 1.807) is 18.2 Å². The van der Waals surface area contributed by atoms with E-state index >= 15 is 4.39 Å². The first kappa shape index (κ1) is 38.1. The van der Waals surface area contributed by atoms with Gasteiger partial charge in [-0.3, -0.25) is 9.80 Å². The third-order valence-corrected chi connectivity index (χ3v) is 9.82. The predicted molar refractivity (Wildman–Crippen MR) is 183 cm³/mol. The van der Waals surface area contributed by atoms with Crippen molar-refractivity contribution in [1.82, 2.24) is 4.90 Å². The Bertz CT molecular complexity index is 1900. The first-order valence-corrected chi connectivity index (χ1v) is 17.3. The Morgan fingerprint density at radius 1 is 0.887 bits per heavy atom. The monoisotopic (exact) mass is 780 g/mol. The van der Waals surface area contributed by atoms with Crippen molar-refractivity contribution in [1.29, 1.82) is 0 Å². The third kappa shape index (κ3) is 9.48. The van der Waals surface area contributed by atoms with Gasteiger partial charge in [-0.15, -0.1) is 0 Å². The quantitative estimate of drug-likeness (QED) is 0.0993. The predicted octanol–water partition coefficient (Wildman–Crippen LogP) is 8.53. The van der Waals surface area contributed by atoms with Crippen LogP contribution in [0.4, 0.5) is 32.4 Å². The van der Waals surface area contributed by atoms with Crippen molar-refractivity contribution < 1.29 is 55.5 Å². The molecule has 3 aromatic carbocycles. The van der Waals surface area contributed by atoms with Crippen molar-refractivity contribution in [3.63, 3.8) is 0 Å². The van der Waals surface area contributed by atoms with Crippen molar-refractivity contribution in [2.45, 2.75) is 51.2 Å². The lowest BCUT2D eigenvalue weighted by Crippen LogP contribution is -2.53. The topological polar surface area (TPSA) is 91.7 Å². The van der Waals surface area contributed by atoms with E-state index in [4.69, 9.17) is 32.7 Å². The fourth-order valence-corrected chi connectivity index (χ4v) is 7.01. The molecule has 7 rings (SSSR count). The number of esters is 1. The van der Waals surface area contributed by atoms with E-state index in [0.29, 0.717) is 17.7 Å². The molecule has 1 aromatic heterocycles. The number of nitrogens with one attached hydrogen (secondary N) is 1. The number of anilines is 1. The summed E-state index contributed by atoms with van der Waals surface area (Å²) in [7, 11) is 0. The van der Waals surface area contributed by atoms with Crippen LogP contribution in [0.15, 0.2) is 79.1 Å². The first-order valence-electron chi connectivity index (χ1n) is 16.6. The molecule has 1 amide bonds. The zero-order chi connectivity index (χ0) is 37.6. The molecule has 3 fully saturated rings. The normalized spacial score (nSPS) is 18.5. The number of aromatic amines is 1. The average molecular weight is 782 g/mol. The summed E-state index contributed by atoms with van der Waals surface area (Å²) in [5.41, 5.74) is 1.04. The van der Waals surface area contributed by atoms with E-state index in [2.05, 4.69) is 19.4 Å². The van der Waals surface area contributed by atoms with Gasteiger partial charge in [0.15, 0.2) is 23.9 Å². The van der Waals surface area contributed by atoms with Crippen LogP contribution >= 0.6 is 23.2 Å². The molecule has 4 heterocycles. The molecule has 0 aliphatic carbocycles. The summed E-state index contributed by atoms with van der Waals surface area (Å²) in [5.74, 6) is -2.61. The van der Waals surface area contributed by atoms with Crippen LogP contribution in [-0.2, 0) is 22.4 Å². The van der Waals surface area contributed by atoms with Crippen LogP contribution in [0.2, 0.25) is 10.0 Å². The molecule has 53 heavy (non-hydrogen) atoms. The van der Waals surface area contributed by atoms with Gasteiger partial charge in [-0.05, 0) is 79.4 Å². The third-order valence-electron chi connectivity index (χ3n) is 9.15. The number of para-hydroxylation sites is 1. The Balaban J connectivity index is 1.23. The molecular weight excluding hydrogens is 748 g/mol. The number of hydrogen-bond acceptors (Lipinski definition) is 7. The second-order valence-corrected chi connectivity index (χ2v) is 13.3. The Labute approximate surface area is 311 Å². The number of H-pyrrole nitrogens is 1. The molecule has 0 radical (unpaired) electrons. The van der Waals surface area contributed by atoms with Crippen LogP contribution in [0.25, 0.3) is 0 Å². The number of aromatic nitrogens is 1. The van der Waals surface area contributed by atoms with Crippen molar-refractivity contribution >= 4 is 41.0 Å². The van der Waals surface area contributed by atoms with Gasteiger partial charge in [-0.2, -0.15) is 17.6 Å². The van der Waals surface area contributed by atoms with Gasteiger partial charge in [0.2, 0.25) is 0 Å². The van der Waals surface area contributed by atoms with Gasteiger partial charge in [-0.1, -0.05) is 53.5 Å². The molecule has 0 unspecified atom stereocenters. The summed E-state index contributed by atoms with van der Waals surface area (Å²) in [6, 6.07) is 15.1. The average Bonchev–Trinajstić information content (AvgIpc) is 3.13. The van der Waals surface area contributed by atoms with Gasteiger partial charge in [0.1, 0.15) is 28.1 Å². The van der Waals surface area contributed by atoms with Crippen LogP contribution in [-0.4, -0.2) is 55.9 Å². The number of amides is 1. The molecule has 3 aliphatic rings. The highest BCUT2D eigenvalue weighted by molar-refractivity contribution is 6.35. The molecule has 3 aliphatic heterocycles. The Morgan fingerprint density at radius 2 is 1.55 bits per heavy atom. The highest BCUT2D eigenvalue weighted by Gasteiger charge is 2.38. The summed E-state index contributed by atoms with van der Waals surface area (Å²) < 4.78 is 88.0. The van der Waals surface area contributed by atoms with Crippen molar-refractivity contribution in [3.8, 4) is 11.5 Å². The lowest BCUT2D eigenvalue weighted by Gasteiger charge is -2.44. The van der Waals surface area contributed by atoms with Crippen LogP contribution in [0.3, 0.4) is 0 Å². The summed E-state index contributed by atoms with van der Waals surface area (Å²) >= 11 is 12.7. The molecule has 4 aromatic rings. The van der Waals surface area contributed by atoms with Crippen LogP contribution in [0.5, 0.6) is 11.5 Å². The van der Waals surface area contributed by atoms with E-state index < -0.39 is 48.7 Å². The number of carbonyl (C=O) groups is 2. The lowest BCUT2D eigenvalue weighted by molar-refractivity contribution is -0.377. The number of alkyl halides is 4. The van der Waals surface area contributed by atoms with E-state index in [1.807, 2.05) is 0 Å². The summed E-state index contributed by atoms with van der Waals surface area (Å²) in [6.45, 7) is -4.27. The number of rotatable bonds is 13. The molecule has 9 nitrogen and oxygen atoms in total. The van der Waals surface area contributed by atoms with Crippen molar-refractivity contribution in [3.05, 3.63) is 117 Å². The van der Waals surface area contributed by atoms with Gasteiger partial charge in [0.25, 0.3) is 0 Å². The summed E-state index contributed by atoms with van der Waals surface area (Å²) in [4.78, 5) is 33.3. The number of halogens is 7. The van der Waals surface area contributed by atoms with Gasteiger partial charge in [0, 0.05) is 18.5 Å². The number of piperidine rings is 3. The highest BCUT2D eigenvalue weighted by atomic mass is 35.5. The zero-order valence-electron chi connectivity index (χ0n) is 27.8. The molecule has 1 N–H and O–H groups in total. The molecule has 0 spiro atoms. The van der Waals surface area contributed by atoms with Crippen LogP contribution in [0, 0.1) is 11.7 Å². The highest BCUT2D eigenvalue weighted by Crippen LogP contribution is 2.37. The molecular formula is C37H33Cl2F5N3O6+. The Kier molecular flexibility index (Phi) is 12.2. The van der Waals surface area contributed by atoms with Gasteiger partial charge in [-0.25, -0.2) is 19.0 Å². The molecule has 0 saturated carbocycles. The number of benzene rings is 3. The largest absolute Gasteiger partial charge is 0.454 e. The summed E-state index contributed by atoms with van der Waals surface area (Å²) in [6.07, 6.45) is 2.31. The maximum absolute atomic E-state index is 15.0. The standard InChI is InChI=1S/C37H32Cl2F5N3O6/c38-26-17-45-18-27(39)25(26)16-31(24-9-10-30(51-35(41)42)32(15-24)52-36(43)44)50-34(48)23-7-5-21(6-8-23)19-47(29-4-2-1-3-28(29)40)37(49)53-33-20-46-13-11-22(33)12-14-46/h1-10,15,17-18,22,31,33,35-36H,11-14,16,19-20H2/p+1/t31-,33+/m1/s1. The number of nitrogens with zero attached hydrogens (tertiary/aromatic N) is 2. The second kappa shape index (κ2) is 17.0. The number of hydrogen-bond donors (Lipinski definition) is 0. The fourth-order valence-electron chi connectivity index (χ4n) is 6.47.